The summed E-state index contributed by atoms with van der Waals surface area (Å²) in [5.74, 6) is 0.572. The first kappa shape index (κ1) is 20.2. The number of carbonyl (C=O) groups excluding carboxylic acids is 2. The van der Waals surface area contributed by atoms with E-state index in [9.17, 15) is 9.59 Å². The molecular formula is C21H25NO5S. The molecular weight excluding hydrogens is 378 g/mol. The average molecular weight is 404 g/mol. The number of thiophene rings is 1. The standard InChI is InChI=1S/C21H25NO5S/c1-22(11-14-8-9-17(25-2)18(10-14)26-3)20(23)12-27-21(24)16-13-28-19-7-5-4-6-15(16)19/h8-10,13H,4-7,11-12H2,1-3H3. The van der Waals surface area contributed by atoms with E-state index in [2.05, 4.69) is 0 Å². The highest BCUT2D eigenvalue weighted by molar-refractivity contribution is 7.10. The highest BCUT2D eigenvalue weighted by Crippen LogP contribution is 2.31. The summed E-state index contributed by atoms with van der Waals surface area (Å²) in [6.45, 7) is 0.109. The van der Waals surface area contributed by atoms with E-state index >= 15 is 0 Å². The number of hydrogen-bond donors (Lipinski definition) is 0. The van der Waals surface area contributed by atoms with E-state index in [1.54, 1.807) is 38.7 Å². The Labute approximate surface area is 169 Å². The van der Waals surface area contributed by atoms with E-state index in [4.69, 9.17) is 14.2 Å². The van der Waals surface area contributed by atoms with Crippen LogP contribution in [0.15, 0.2) is 23.6 Å². The Morgan fingerprint density at radius 3 is 2.61 bits per heavy atom. The first-order chi connectivity index (χ1) is 13.5. The lowest BCUT2D eigenvalue weighted by molar-refractivity contribution is -0.133. The minimum absolute atomic E-state index is 0.257. The fourth-order valence-electron chi connectivity index (χ4n) is 3.32. The number of nitrogens with zero attached hydrogens (tertiary/aromatic N) is 1. The minimum atomic E-state index is -0.410. The predicted molar refractivity (Wildman–Crippen MR) is 107 cm³/mol. The number of ether oxygens (including phenoxy) is 3. The molecule has 7 heteroatoms. The van der Waals surface area contributed by atoms with Gasteiger partial charge in [-0.05, 0) is 48.9 Å². The van der Waals surface area contributed by atoms with Gasteiger partial charge >= 0.3 is 5.97 Å². The summed E-state index contributed by atoms with van der Waals surface area (Å²) >= 11 is 1.61. The smallest absolute Gasteiger partial charge is 0.339 e. The van der Waals surface area contributed by atoms with Gasteiger partial charge in [0.1, 0.15) is 0 Å². The molecule has 1 amide bonds. The molecule has 0 spiro atoms. The SMILES string of the molecule is COc1ccc(CN(C)C(=O)COC(=O)c2csc3c2CCCC3)cc1OC. The summed E-state index contributed by atoms with van der Waals surface area (Å²) in [7, 11) is 4.82. The zero-order chi connectivity index (χ0) is 20.1. The van der Waals surface area contributed by atoms with Crippen LogP contribution < -0.4 is 9.47 Å². The predicted octanol–water partition coefficient (Wildman–Crippen LogP) is 3.46. The van der Waals surface area contributed by atoms with Crippen LogP contribution in [0.4, 0.5) is 0 Å². The molecule has 1 heterocycles. The molecule has 1 aliphatic carbocycles. The number of esters is 1. The third kappa shape index (κ3) is 4.47. The van der Waals surface area contributed by atoms with Crippen molar-refractivity contribution in [2.45, 2.75) is 32.2 Å². The van der Waals surface area contributed by atoms with Gasteiger partial charge in [-0.1, -0.05) is 6.07 Å². The summed E-state index contributed by atoms with van der Waals surface area (Å²) < 4.78 is 15.8. The molecule has 3 rings (SSSR count). The number of likely N-dealkylation sites (N-methyl/N-ethyl adjacent to an activating group) is 1. The van der Waals surface area contributed by atoms with Crippen LogP contribution in [0.25, 0.3) is 0 Å². The van der Waals surface area contributed by atoms with E-state index < -0.39 is 5.97 Å². The molecule has 0 bridgehead atoms. The topological polar surface area (TPSA) is 65.1 Å². The highest BCUT2D eigenvalue weighted by Gasteiger charge is 2.22. The molecule has 1 aromatic heterocycles. The largest absolute Gasteiger partial charge is 0.493 e. The Hall–Kier alpha value is -2.54. The maximum absolute atomic E-state index is 12.4. The molecule has 0 unspecified atom stereocenters. The third-order valence-corrected chi connectivity index (χ3v) is 5.99. The average Bonchev–Trinajstić information content (AvgIpc) is 3.15. The van der Waals surface area contributed by atoms with Crippen molar-refractivity contribution >= 4 is 23.2 Å². The molecule has 0 aliphatic heterocycles. The Balaban J connectivity index is 1.56. The number of hydrogen-bond acceptors (Lipinski definition) is 6. The molecule has 150 valence electrons. The van der Waals surface area contributed by atoms with Crippen molar-refractivity contribution in [3.05, 3.63) is 45.1 Å². The fourth-order valence-corrected chi connectivity index (χ4v) is 4.44. The molecule has 0 atom stereocenters. The van der Waals surface area contributed by atoms with Gasteiger partial charge in [0, 0.05) is 23.8 Å². The van der Waals surface area contributed by atoms with Crippen molar-refractivity contribution in [3.63, 3.8) is 0 Å². The molecule has 2 aromatic rings. The number of aryl methyl sites for hydroxylation is 1. The molecule has 0 saturated carbocycles. The number of rotatable bonds is 7. The molecule has 0 saturated heterocycles. The molecule has 0 fully saturated rings. The van der Waals surface area contributed by atoms with Crippen LogP contribution in [0.2, 0.25) is 0 Å². The van der Waals surface area contributed by atoms with Crippen LogP contribution >= 0.6 is 11.3 Å². The zero-order valence-corrected chi connectivity index (χ0v) is 17.3. The zero-order valence-electron chi connectivity index (χ0n) is 16.4. The van der Waals surface area contributed by atoms with Gasteiger partial charge in [0.05, 0.1) is 19.8 Å². The maximum atomic E-state index is 12.4. The van der Waals surface area contributed by atoms with E-state index in [-0.39, 0.29) is 12.5 Å². The third-order valence-electron chi connectivity index (χ3n) is 4.90. The quantitative estimate of drug-likeness (QED) is 0.663. The van der Waals surface area contributed by atoms with Crippen LogP contribution in [-0.4, -0.2) is 44.7 Å². The number of carbonyl (C=O) groups is 2. The molecule has 1 aliphatic rings. The summed E-state index contributed by atoms with van der Waals surface area (Å²) in [4.78, 5) is 27.6. The van der Waals surface area contributed by atoms with Gasteiger partial charge in [-0.25, -0.2) is 4.79 Å². The van der Waals surface area contributed by atoms with Gasteiger partial charge in [0.25, 0.3) is 5.91 Å². The minimum Gasteiger partial charge on any atom is -0.493 e. The highest BCUT2D eigenvalue weighted by atomic mass is 32.1. The van der Waals surface area contributed by atoms with Gasteiger partial charge in [-0.3, -0.25) is 4.79 Å². The number of benzene rings is 1. The van der Waals surface area contributed by atoms with Gasteiger partial charge in [0.2, 0.25) is 0 Å². The molecule has 1 aromatic carbocycles. The van der Waals surface area contributed by atoms with Crippen LogP contribution in [0.3, 0.4) is 0 Å². The normalized spacial score (nSPS) is 12.8. The van der Waals surface area contributed by atoms with Crippen molar-refractivity contribution in [1.82, 2.24) is 4.90 Å². The summed E-state index contributed by atoms with van der Waals surface area (Å²) in [6, 6.07) is 5.49. The van der Waals surface area contributed by atoms with E-state index in [1.807, 2.05) is 17.5 Å². The van der Waals surface area contributed by atoms with Crippen LogP contribution in [-0.2, 0) is 28.9 Å². The molecule has 28 heavy (non-hydrogen) atoms. The van der Waals surface area contributed by atoms with Gasteiger partial charge in [0.15, 0.2) is 18.1 Å². The summed E-state index contributed by atoms with van der Waals surface area (Å²) in [5, 5.41) is 1.86. The second-order valence-corrected chi connectivity index (χ2v) is 7.74. The monoisotopic (exact) mass is 403 g/mol. The van der Waals surface area contributed by atoms with Crippen molar-refractivity contribution in [1.29, 1.82) is 0 Å². The van der Waals surface area contributed by atoms with Gasteiger partial charge in [-0.15, -0.1) is 11.3 Å². The van der Waals surface area contributed by atoms with E-state index in [1.165, 1.54) is 16.2 Å². The van der Waals surface area contributed by atoms with Crippen LogP contribution in [0.5, 0.6) is 11.5 Å². The maximum Gasteiger partial charge on any atom is 0.339 e. The second-order valence-electron chi connectivity index (χ2n) is 6.77. The number of fused-ring (bicyclic) bond motifs is 1. The van der Waals surface area contributed by atoms with Crippen molar-refractivity contribution in [2.75, 3.05) is 27.9 Å². The molecule has 6 nitrogen and oxygen atoms in total. The molecule has 0 radical (unpaired) electrons. The van der Waals surface area contributed by atoms with Crippen molar-refractivity contribution in [2.24, 2.45) is 0 Å². The summed E-state index contributed by atoms with van der Waals surface area (Å²) in [5.41, 5.74) is 2.62. The Bertz CT molecular complexity index is 860. The van der Waals surface area contributed by atoms with Crippen molar-refractivity contribution < 1.29 is 23.8 Å². The fraction of sp³-hybridized carbons (Fsp3) is 0.429. The number of methoxy groups -OCH3 is 2. The lowest BCUT2D eigenvalue weighted by Crippen LogP contribution is -2.31. The first-order valence-corrected chi connectivity index (χ1v) is 10.1. The Morgan fingerprint density at radius 2 is 1.86 bits per heavy atom. The van der Waals surface area contributed by atoms with Crippen molar-refractivity contribution in [3.8, 4) is 11.5 Å². The summed E-state index contributed by atoms with van der Waals surface area (Å²) in [6.07, 6.45) is 4.20. The van der Waals surface area contributed by atoms with E-state index in [0.29, 0.717) is 23.6 Å². The second kappa shape index (κ2) is 9.10. The lowest BCUT2D eigenvalue weighted by atomic mass is 9.96. The van der Waals surface area contributed by atoms with Gasteiger partial charge in [-0.2, -0.15) is 0 Å². The van der Waals surface area contributed by atoms with Gasteiger partial charge < -0.3 is 19.1 Å². The molecule has 0 N–H and O–H groups in total. The number of amides is 1. The van der Waals surface area contributed by atoms with Crippen LogP contribution in [0, 0.1) is 0 Å². The van der Waals surface area contributed by atoms with E-state index in [0.717, 1.165) is 30.4 Å². The van der Waals surface area contributed by atoms with Crippen LogP contribution in [0.1, 0.15) is 39.2 Å². The Kier molecular flexibility index (Phi) is 6.57. The first-order valence-electron chi connectivity index (χ1n) is 9.24. The Morgan fingerprint density at radius 1 is 1.11 bits per heavy atom. The lowest BCUT2D eigenvalue weighted by Gasteiger charge is -2.18.